The summed E-state index contributed by atoms with van der Waals surface area (Å²) in [6.45, 7) is 3.85. The van der Waals surface area contributed by atoms with E-state index in [1.807, 2.05) is 6.92 Å². The van der Waals surface area contributed by atoms with E-state index in [0.29, 0.717) is 19.4 Å². The van der Waals surface area contributed by atoms with Gasteiger partial charge < -0.3 is 21.5 Å². The van der Waals surface area contributed by atoms with Crippen LogP contribution in [-0.2, 0) is 9.59 Å². The van der Waals surface area contributed by atoms with Crippen LogP contribution < -0.4 is 16.4 Å². The summed E-state index contributed by atoms with van der Waals surface area (Å²) in [6, 6.07) is -1.17. The molecule has 0 saturated carbocycles. The molecule has 3 amide bonds. The van der Waals surface area contributed by atoms with E-state index in [4.69, 9.17) is 10.8 Å². The zero-order valence-electron chi connectivity index (χ0n) is 10.7. The molecule has 0 aliphatic heterocycles. The molecule has 104 valence electrons. The molecule has 0 radical (unpaired) electrons. The molecule has 0 bridgehead atoms. The number of hydrogen-bond acceptors (Lipinski definition) is 3. The van der Waals surface area contributed by atoms with E-state index < -0.39 is 23.9 Å². The number of carbonyl (C=O) groups is 3. The molecule has 0 heterocycles. The third-order valence-electron chi connectivity index (χ3n) is 2.55. The predicted molar refractivity (Wildman–Crippen MR) is 65.8 cm³/mol. The van der Waals surface area contributed by atoms with Crippen LogP contribution in [0.3, 0.4) is 0 Å². The fraction of sp³-hybridized carbons (Fsp3) is 0.727. The summed E-state index contributed by atoms with van der Waals surface area (Å²) in [6.07, 6.45) is 1.40. The van der Waals surface area contributed by atoms with E-state index in [9.17, 15) is 14.4 Å². The number of aliphatic carboxylic acids is 1. The third-order valence-corrected chi connectivity index (χ3v) is 2.55. The van der Waals surface area contributed by atoms with E-state index in [1.54, 1.807) is 0 Å². The molecule has 5 N–H and O–H groups in total. The number of urea groups is 1. The number of amides is 3. The quantitative estimate of drug-likeness (QED) is 0.492. The predicted octanol–water partition coefficient (Wildman–Crippen LogP) is 0.0504. The first-order chi connectivity index (χ1) is 8.32. The van der Waals surface area contributed by atoms with Gasteiger partial charge in [-0.3, -0.25) is 9.59 Å². The Balaban J connectivity index is 3.67. The van der Waals surface area contributed by atoms with Crippen molar-refractivity contribution in [3.63, 3.8) is 0 Å². The zero-order valence-corrected chi connectivity index (χ0v) is 10.7. The lowest BCUT2D eigenvalue weighted by Gasteiger charge is -2.13. The molecule has 7 heteroatoms. The second kappa shape index (κ2) is 8.32. The first kappa shape index (κ1) is 16.2. The van der Waals surface area contributed by atoms with Crippen LogP contribution in [0.5, 0.6) is 0 Å². The number of carbonyl (C=O) groups excluding carboxylic acids is 2. The highest BCUT2D eigenvalue weighted by Gasteiger charge is 2.11. The number of rotatable bonds is 8. The van der Waals surface area contributed by atoms with Gasteiger partial charge in [0.25, 0.3) is 0 Å². The van der Waals surface area contributed by atoms with Crippen LogP contribution >= 0.6 is 0 Å². The van der Waals surface area contributed by atoms with Crippen molar-refractivity contribution in [1.82, 2.24) is 10.6 Å². The van der Waals surface area contributed by atoms with E-state index in [1.165, 1.54) is 6.92 Å². The molecule has 0 fully saturated rings. The van der Waals surface area contributed by atoms with Crippen LogP contribution in [0.15, 0.2) is 0 Å². The van der Waals surface area contributed by atoms with Crippen LogP contribution in [0.4, 0.5) is 4.79 Å². The number of nitrogens with one attached hydrogen (secondary N) is 2. The minimum absolute atomic E-state index is 0.131. The highest BCUT2D eigenvalue weighted by molar-refractivity contribution is 5.85. The second-order valence-electron chi connectivity index (χ2n) is 4.35. The van der Waals surface area contributed by atoms with Crippen molar-refractivity contribution in [2.45, 2.75) is 39.2 Å². The minimum atomic E-state index is -0.817. The maximum atomic E-state index is 11.3. The van der Waals surface area contributed by atoms with Gasteiger partial charge in [-0.1, -0.05) is 6.92 Å². The van der Waals surface area contributed by atoms with Crippen LogP contribution in [0, 0.1) is 5.92 Å². The molecule has 0 aliphatic carbocycles. The van der Waals surface area contributed by atoms with Gasteiger partial charge in [0.1, 0.15) is 6.04 Å². The molecule has 0 spiro atoms. The Labute approximate surface area is 106 Å². The summed E-state index contributed by atoms with van der Waals surface area (Å²) < 4.78 is 0. The summed E-state index contributed by atoms with van der Waals surface area (Å²) in [4.78, 5) is 32.3. The van der Waals surface area contributed by atoms with E-state index >= 15 is 0 Å². The largest absolute Gasteiger partial charge is 0.481 e. The van der Waals surface area contributed by atoms with Gasteiger partial charge in [-0.15, -0.1) is 0 Å². The van der Waals surface area contributed by atoms with Gasteiger partial charge in [0.15, 0.2) is 0 Å². The van der Waals surface area contributed by atoms with Crippen LogP contribution in [0.2, 0.25) is 0 Å². The first-order valence-corrected chi connectivity index (χ1v) is 5.88. The van der Waals surface area contributed by atoms with Gasteiger partial charge in [-0.25, -0.2) is 4.79 Å². The Hall–Kier alpha value is -1.79. The fourth-order valence-corrected chi connectivity index (χ4v) is 1.27. The maximum absolute atomic E-state index is 11.3. The number of primary amides is 1. The number of carboxylic acids is 1. The number of nitrogens with two attached hydrogens (primary N) is 1. The van der Waals surface area contributed by atoms with Gasteiger partial charge in [0.05, 0.1) is 0 Å². The molecule has 0 saturated heterocycles. The normalized spacial score (nSPS) is 13.4. The van der Waals surface area contributed by atoms with Crippen molar-refractivity contribution < 1.29 is 19.5 Å². The van der Waals surface area contributed by atoms with Gasteiger partial charge in [0, 0.05) is 13.0 Å². The lowest BCUT2D eigenvalue weighted by Crippen LogP contribution is -2.47. The topological polar surface area (TPSA) is 122 Å². The lowest BCUT2D eigenvalue weighted by atomic mass is 10.0. The van der Waals surface area contributed by atoms with Crippen LogP contribution in [0.1, 0.15) is 33.1 Å². The lowest BCUT2D eigenvalue weighted by molar-refractivity contribution is -0.137. The molecule has 7 nitrogen and oxygen atoms in total. The summed E-state index contributed by atoms with van der Waals surface area (Å²) in [5.41, 5.74) is 4.99. The highest BCUT2D eigenvalue weighted by Crippen LogP contribution is 2.08. The first-order valence-electron chi connectivity index (χ1n) is 5.88. The van der Waals surface area contributed by atoms with Gasteiger partial charge in [-0.05, 0) is 25.7 Å². The van der Waals surface area contributed by atoms with E-state index in [-0.39, 0.29) is 12.3 Å². The smallest absolute Gasteiger partial charge is 0.315 e. The van der Waals surface area contributed by atoms with Crippen molar-refractivity contribution >= 4 is 17.9 Å². The van der Waals surface area contributed by atoms with E-state index in [2.05, 4.69) is 10.6 Å². The molecule has 0 rings (SSSR count). The molecule has 2 atom stereocenters. The summed E-state index contributed by atoms with van der Waals surface area (Å²) >= 11 is 0. The molecule has 0 aromatic carbocycles. The Morgan fingerprint density at radius 2 is 1.83 bits per heavy atom. The zero-order chi connectivity index (χ0) is 14.1. The molecular weight excluding hydrogens is 238 g/mol. The fourth-order valence-electron chi connectivity index (χ4n) is 1.27. The molecule has 18 heavy (non-hydrogen) atoms. The summed E-state index contributed by atoms with van der Waals surface area (Å²) in [5, 5.41) is 13.5. The molecular formula is C11H21N3O4. The van der Waals surface area contributed by atoms with E-state index in [0.717, 1.165) is 0 Å². The van der Waals surface area contributed by atoms with Crippen LogP contribution in [0.25, 0.3) is 0 Å². The third kappa shape index (κ3) is 8.37. The molecule has 0 aromatic heterocycles. The van der Waals surface area contributed by atoms with Crippen molar-refractivity contribution in [1.29, 1.82) is 0 Å². The molecule has 2 unspecified atom stereocenters. The van der Waals surface area contributed by atoms with Crippen molar-refractivity contribution in [2.75, 3.05) is 6.54 Å². The Bertz CT molecular complexity index is 307. The maximum Gasteiger partial charge on any atom is 0.315 e. The molecule has 0 aromatic rings. The minimum Gasteiger partial charge on any atom is -0.481 e. The molecule has 0 aliphatic rings. The SMILES string of the molecule is CC(CCNC(=O)NC(C)C(N)=O)CCC(=O)O. The van der Waals surface area contributed by atoms with Crippen molar-refractivity contribution in [3.05, 3.63) is 0 Å². The monoisotopic (exact) mass is 259 g/mol. The van der Waals surface area contributed by atoms with Gasteiger partial charge in [-0.2, -0.15) is 0 Å². The number of hydrogen-bond donors (Lipinski definition) is 4. The van der Waals surface area contributed by atoms with Gasteiger partial charge in [0.2, 0.25) is 5.91 Å². The van der Waals surface area contributed by atoms with Crippen molar-refractivity contribution in [2.24, 2.45) is 11.7 Å². The Kier molecular flexibility index (Phi) is 7.50. The summed E-state index contributed by atoms with van der Waals surface area (Å²) in [5.74, 6) is -1.20. The average molecular weight is 259 g/mol. The number of carboxylic acid groups (broad SMARTS) is 1. The highest BCUT2D eigenvalue weighted by atomic mass is 16.4. The average Bonchev–Trinajstić information content (AvgIpc) is 2.26. The Morgan fingerprint density at radius 1 is 1.22 bits per heavy atom. The summed E-state index contributed by atoms with van der Waals surface area (Å²) in [7, 11) is 0. The standard InChI is InChI=1S/C11H21N3O4/c1-7(3-4-9(15)16)5-6-13-11(18)14-8(2)10(12)17/h7-8H,3-6H2,1-2H3,(H2,12,17)(H,15,16)(H2,13,14,18). The Morgan fingerprint density at radius 3 is 2.33 bits per heavy atom. The second-order valence-corrected chi connectivity index (χ2v) is 4.35. The van der Waals surface area contributed by atoms with Crippen LogP contribution in [-0.4, -0.2) is 35.6 Å². The van der Waals surface area contributed by atoms with Gasteiger partial charge >= 0.3 is 12.0 Å². The van der Waals surface area contributed by atoms with Crippen molar-refractivity contribution in [3.8, 4) is 0 Å².